The van der Waals surface area contributed by atoms with Crippen molar-refractivity contribution in [3.05, 3.63) is 5.15 Å². The van der Waals surface area contributed by atoms with Gasteiger partial charge in [0, 0.05) is 12.6 Å². The molecule has 1 atom stereocenters. The van der Waals surface area contributed by atoms with Crippen molar-refractivity contribution in [1.29, 1.82) is 0 Å². The molecule has 4 nitrogen and oxygen atoms in total. The molecule has 0 aromatic carbocycles. The zero-order valence-corrected chi connectivity index (χ0v) is 10.3. The summed E-state index contributed by atoms with van der Waals surface area (Å²) in [7, 11) is 0. The lowest BCUT2D eigenvalue weighted by molar-refractivity contribution is 0.269. The van der Waals surface area contributed by atoms with Crippen molar-refractivity contribution < 1.29 is 0 Å². The van der Waals surface area contributed by atoms with Gasteiger partial charge in [-0.05, 0) is 32.9 Å². The maximum Gasteiger partial charge on any atom is 0.186 e. The third-order valence-electron chi connectivity index (χ3n) is 2.78. The van der Waals surface area contributed by atoms with Gasteiger partial charge < -0.3 is 5.32 Å². The summed E-state index contributed by atoms with van der Waals surface area (Å²) in [4.78, 5) is 2.49. The van der Waals surface area contributed by atoms with E-state index in [1.807, 2.05) is 0 Å². The van der Waals surface area contributed by atoms with Crippen molar-refractivity contribution in [2.24, 2.45) is 0 Å². The second-order valence-electron chi connectivity index (χ2n) is 3.88. The standard InChI is InChI=1S/C9H15ClN4S/c1-7(14-4-2-3-5-14)6-11-9-8(10)12-15-13-9/h7H,2-6H2,1H3,(H,11,13). The number of halogens is 1. The van der Waals surface area contributed by atoms with Gasteiger partial charge in [-0.1, -0.05) is 11.6 Å². The molecule has 1 saturated heterocycles. The highest BCUT2D eigenvalue weighted by Gasteiger charge is 2.18. The molecule has 1 unspecified atom stereocenters. The maximum atomic E-state index is 5.84. The summed E-state index contributed by atoms with van der Waals surface area (Å²) >= 11 is 6.99. The highest BCUT2D eigenvalue weighted by Crippen LogP contribution is 2.18. The lowest BCUT2D eigenvalue weighted by Gasteiger charge is -2.23. The highest BCUT2D eigenvalue weighted by molar-refractivity contribution is 6.99. The molecule has 0 saturated carbocycles. The zero-order chi connectivity index (χ0) is 10.7. The first-order chi connectivity index (χ1) is 7.27. The van der Waals surface area contributed by atoms with E-state index >= 15 is 0 Å². The van der Waals surface area contributed by atoms with Crippen molar-refractivity contribution in [3.8, 4) is 0 Å². The van der Waals surface area contributed by atoms with Gasteiger partial charge in [0.05, 0.1) is 11.7 Å². The second-order valence-corrected chi connectivity index (χ2v) is 4.76. The number of nitrogens with one attached hydrogen (secondary N) is 1. The van der Waals surface area contributed by atoms with Gasteiger partial charge in [-0.25, -0.2) is 0 Å². The lowest BCUT2D eigenvalue weighted by atomic mass is 10.3. The van der Waals surface area contributed by atoms with Crippen LogP contribution in [0.1, 0.15) is 19.8 Å². The smallest absolute Gasteiger partial charge is 0.186 e. The minimum atomic E-state index is 0.480. The van der Waals surface area contributed by atoms with E-state index in [1.165, 1.54) is 25.9 Å². The molecule has 6 heteroatoms. The molecule has 0 radical (unpaired) electrons. The third-order valence-corrected chi connectivity index (χ3v) is 3.67. The Morgan fingerprint density at radius 2 is 2.20 bits per heavy atom. The van der Waals surface area contributed by atoms with Crippen LogP contribution in [-0.2, 0) is 0 Å². The molecule has 1 fully saturated rings. The molecule has 1 aliphatic rings. The average Bonchev–Trinajstić information content (AvgIpc) is 2.85. The van der Waals surface area contributed by atoms with Gasteiger partial charge in [-0.15, -0.1) is 0 Å². The van der Waals surface area contributed by atoms with Crippen LogP contribution in [-0.4, -0.2) is 39.3 Å². The summed E-state index contributed by atoms with van der Waals surface area (Å²) in [5, 5.41) is 3.71. The van der Waals surface area contributed by atoms with Gasteiger partial charge in [0.2, 0.25) is 0 Å². The fourth-order valence-corrected chi connectivity index (χ4v) is 2.52. The molecule has 1 aromatic rings. The second kappa shape index (κ2) is 5.09. The van der Waals surface area contributed by atoms with Crippen LogP contribution >= 0.6 is 23.3 Å². The summed E-state index contributed by atoms with van der Waals surface area (Å²) in [5.41, 5.74) is 0. The van der Waals surface area contributed by atoms with E-state index in [9.17, 15) is 0 Å². The third kappa shape index (κ3) is 2.80. The van der Waals surface area contributed by atoms with E-state index < -0.39 is 0 Å². The van der Waals surface area contributed by atoms with E-state index in [2.05, 4.69) is 25.9 Å². The van der Waals surface area contributed by atoms with Crippen molar-refractivity contribution in [2.75, 3.05) is 25.0 Å². The van der Waals surface area contributed by atoms with Crippen LogP contribution in [0.4, 0.5) is 5.82 Å². The average molecular weight is 247 g/mol. The topological polar surface area (TPSA) is 41.1 Å². The molecule has 0 aliphatic carbocycles. The van der Waals surface area contributed by atoms with Gasteiger partial charge in [0.1, 0.15) is 0 Å². The lowest BCUT2D eigenvalue weighted by Crippen LogP contribution is -2.35. The molecule has 1 aliphatic heterocycles. The Morgan fingerprint density at radius 3 is 2.80 bits per heavy atom. The molecule has 84 valence electrons. The van der Waals surface area contributed by atoms with Crippen LogP contribution in [0.25, 0.3) is 0 Å². The Balaban J connectivity index is 1.80. The zero-order valence-electron chi connectivity index (χ0n) is 8.74. The van der Waals surface area contributed by atoms with E-state index in [4.69, 9.17) is 11.6 Å². The van der Waals surface area contributed by atoms with Crippen LogP contribution < -0.4 is 5.32 Å². The maximum absolute atomic E-state index is 5.84. The molecule has 2 rings (SSSR count). The first-order valence-electron chi connectivity index (χ1n) is 5.23. The predicted octanol–water partition coefficient (Wildman–Crippen LogP) is 2.09. The molecular formula is C9H15ClN4S. The number of likely N-dealkylation sites (tertiary alicyclic amines) is 1. The molecule has 0 amide bonds. The highest BCUT2D eigenvalue weighted by atomic mass is 35.5. The van der Waals surface area contributed by atoms with Crippen molar-refractivity contribution in [1.82, 2.24) is 13.6 Å². The SMILES string of the molecule is CC(CNc1nsnc1Cl)N1CCCC1. The summed E-state index contributed by atoms with van der Waals surface area (Å²) in [6.07, 6.45) is 2.65. The van der Waals surface area contributed by atoms with Crippen molar-refractivity contribution in [2.45, 2.75) is 25.8 Å². The number of hydrogen-bond donors (Lipinski definition) is 1. The Hall–Kier alpha value is -0.390. The minimum absolute atomic E-state index is 0.480. The van der Waals surface area contributed by atoms with Gasteiger partial charge >= 0.3 is 0 Å². The summed E-state index contributed by atoms with van der Waals surface area (Å²) < 4.78 is 8.00. The summed E-state index contributed by atoms with van der Waals surface area (Å²) in [5.74, 6) is 0.715. The number of hydrogen-bond acceptors (Lipinski definition) is 5. The Morgan fingerprint density at radius 1 is 1.47 bits per heavy atom. The van der Waals surface area contributed by atoms with Crippen molar-refractivity contribution in [3.63, 3.8) is 0 Å². The van der Waals surface area contributed by atoms with Gasteiger partial charge in [-0.3, -0.25) is 4.90 Å². The summed E-state index contributed by atoms with van der Waals surface area (Å²) in [6.45, 7) is 5.54. The quantitative estimate of drug-likeness (QED) is 0.883. The first-order valence-corrected chi connectivity index (χ1v) is 6.34. The molecule has 2 heterocycles. The van der Waals surface area contributed by atoms with Crippen LogP contribution in [0.15, 0.2) is 0 Å². The number of rotatable bonds is 4. The van der Waals surface area contributed by atoms with Crippen molar-refractivity contribution >= 4 is 29.1 Å². The molecule has 15 heavy (non-hydrogen) atoms. The largest absolute Gasteiger partial charge is 0.365 e. The minimum Gasteiger partial charge on any atom is -0.365 e. The van der Waals surface area contributed by atoms with Gasteiger partial charge in [0.25, 0.3) is 0 Å². The number of anilines is 1. The van der Waals surface area contributed by atoms with E-state index in [0.29, 0.717) is 17.0 Å². The summed E-state index contributed by atoms with van der Waals surface area (Å²) in [6, 6.07) is 0.533. The fourth-order valence-electron chi connectivity index (χ4n) is 1.84. The number of nitrogens with zero attached hydrogens (tertiary/aromatic N) is 3. The normalized spacial score (nSPS) is 19.3. The van der Waals surface area contributed by atoms with E-state index in [0.717, 1.165) is 18.3 Å². The van der Waals surface area contributed by atoms with Crippen LogP contribution in [0.3, 0.4) is 0 Å². The van der Waals surface area contributed by atoms with Crippen LogP contribution in [0.5, 0.6) is 0 Å². The van der Waals surface area contributed by atoms with Crippen LogP contribution in [0.2, 0.25) is 5.15 Å². The number of aromatic nitrogens is 2. The van der Waals surface area contributed by atoms with E-state index in [-0.39, 0.29) is 0 Å². The van der Waals surface area contributed by atoms with Gasteiger partial charge in [0.15, 0.2) is 11.0 Å². The predicted molar refractivity (Wildman–Crippen MR) is 63.7 cm³/mol. The molecule has 1 N–H and O–H groups in total. The van der Waals surface area contributed by atoms with Gasteiger partial charge in [-0.2, -0.15) is 8.75 Å². The fraction of sp³-hybridized carbons (Fsp3) is 0.778. The molecule has 0 bridgehead atoms. The Labute approximate surface area is 99.0 Å². The monoisotopic (exact) mass is 246 g/mol. The Kier molecular flexibility index (Phi) is 3.77. The van der Waals surface area contributed by atoms with E-state index in [1.54, 1.807) is 0 Å². The molecule has 0 spiro atoms. The molecular weight excluding hydrogens is 232 g/mol. The first kappa shape index (κ1) is 11.1. The Bertz CT molecular complexity index is 311. The van der Waals surface area contributed by atoms with Crippen LogP contribution in [0, 0.1) is 0 Å². The molecule has 1 aromatic heterocycles.